The Labute approximate surface area is 135 Å². The molecule has 1 aromatic heterocycles. The number of hydrogen-bond acceptors (Lipinski definition) is 3. The predicted octanol–water partition coefficient (Wildman–Crippen LogP) is 3.70. The Morgan fingerprint density at radius 2 is 2.14 bits per heavy atom. The van der Waals surface area contributed by atoms with Gasteiger partial charge in [0.2, 0.25) is 5.91 Å². The van der Waals surface area contributed by atoms with Crippen molar-refractivity contribution in [2.75, 3.05) is 12.3 Å². The molecule has 116 valence electrons. The number of imidazole rings is 1. The summed E-state index contributed by atoms with van der Waals surface area (Å²) in [5.41, 5.74) is 2.08. The summed E-state index contributed by atoms with van der Waals surface area (Å²) >= 11 is 1.81. The molecule has 3 rings (SSSR count). The van der Waals surface area contributed by atoms with Gasteiger partial charge in [-0.1, -0.05) is 44.2 Å². The zero-order chi connectivity index (χ0) is 15.5. The van der Waals surface area contributed by atoms with Crippen LogP contribution >= 0.6 is 11.8 Å². The van der Waals surface area contributed by atoms with Crippen molar-refractivity contribution in [3.8, 4) is 11.4 Å². The summed E-state index contributed by atoms with van der Waals surface area (Å²) in [6, 6.07) is 10.1. The molecule has 1 aromatic carbocycles. The van der Waals surface area contributed by atoms with Crippen molar-refractivity contribution in [1.82, 2.24) is 14.9 Å². The number of amides is 1. The number of rotatable bonds is 4. The van der Waals surface area contributed by atoms with E-state index in [0.717, 1.165) is 29.4 Å². The van der Waals surface area contributed by atoms with Crippen LogP contribution in [-0.2, 0) is 4.79 Å². The zero-order valence-electron chi connectivity index (χ0n) is 13.0. The van der Waals surface area contributed by atoms with Crippen LogP contribution < -0.4 is 0 Å². The van der Waals surface area contributed by atoms with Crippen LogP contribution in [0.25, 0.3) is 11.4 Å². The number of nitrogens with one attached hydrogen (secondary N) is 1. The maximum atomic E-state index is 12.3. The van der Waals surface area contributed by atoms with E-state index in [0.29, 0.717) is 12.3 Å². The lowest BCUT2D eigenvalue weighted by Gasteiger charge is -2.35. The number of benzene rings is 1. The van der Waals surface area contributed by atoms with E-state index < -0.39 is 0 Å². The van der Waals surface area contributed by atoms with Crippen LogP contribution in [0.15, 0.2) is 36.5 Å². The van der Waals surface area contributed by atoms with E-state index >= 15 is 0 Å². The van der Waals surface area contributed by atoms with Gasteiger partial charge in [-0.2, -0.15) is 0 Å². The highest BCUT2D eigenvalue weighted by atomic mass is 32.2. The maximum absolute atomic E-state index is 12.3. The van der Waals surface area contributed by atoms with Gasteiger partial charge in [0.25, 0.3) is 0 Å². The monoisotopic (exact) mass is 315 g/mol. The number of carbonyl (C=O) groups excluding carboxylic acids is 1. The number of aromatic nitrogens is 2. The fourth-order valence-corrected chi connectivity index (χ4v) is 3.87. The van der Waals surface area contributed by atoms with Crippen molar-refractivity contribution >= 4 is 17.7 Å². The van der Waals surface area contributed by atoms with Gasteiger partial charge >= 0.3 is 0 Å². The Morgan fingerprint density at radius 3 is 2.86 bits per heavy atom. The van der Waals surface area contributed by atoms with E-state index in [-0.39, 0.29) is 11.3 Å². The highest BCUT2D eigenvalue weighted by molar-refractivity contribution is 7.99. The van der Waals surface area contributed by atoms with E-state index in [4.69, 9.17) is 0 Å². The molecule has 0 aliphatic carbocycles. The molecule has 1 saturated heterocycles. The van der Waals surface area contributed by atoms with Gasteiger partial charge in [-0.25, -0.2) is 4.98 Å². The largest absolute Gasteiger partial charge is 0.339 e. The van der Waals surface area contributed by atoms with Crippen LogP contribution in [0.3, 0.4) is 0 Å². The highest BCUT2D eigenvalue weighted by Gasteiger charge is 2.31. The van der Waals surface area contributed by atoms with Gasteiger partial charge in [0, 0.05) is 24.3 Å². The molecule has 1 amide bonds. The van der Waals surface area contributed by atoms with E-state index in [1.54, 1.807) is 0 Å². The first kappa shape index (κ1) is 15.2. The Balaban J connectivity index is 1.86. The van der Waals surface area contributed by atoms with Gasteiger partial charge in [-0.05, 0) is 5.92 Å². The molecule has 1 unspecified atom stereocenters. The van der Waals surface area contributed by atoms with Crippen molar-refractivity contribution in [2.45, 2.75) is 25.6 Å². The minimum atomic E-state index is 0.0496. The molecule has 1 atom stereocenters. The Hall–Kier alpha value is -1.75. The first-order valence-electron chi connectivity index (χ1n) is 7.66. The summed E-state index contributed by atoms with van der Waals surface area (Å²) in [7, 11) is 0. The Bertz CT molecular complexity index is 638. The molecule has 0 spiro atoms. The van der Waals surface area contributed by atoms with Crippen LogP contribution in [0, 0.1) is 5.92 Å². The molecule has 4 nitrogen and oxygen atoms in total. The Kier molecular flexibility index (Phi) is 4.52. The average molecular weight is 315 g/mol. The van der Waals surface area contributed by atoms with Crippen molar-refractivity contribution in [1.29, 1.82) is 0 Å². The van der Waals surface area contributed by atoms with E-state index in [9.17, 15) is 4.79 Å². The predicted molar refractivity (Wildman–Crippen MR) is 90.4 cm³/mol. The Morgan fingerprint density at radius 1 is 1.36 bits per heavy atom. The molecular formula is C17H21N3OS. The van der Waals surface area contributed by atoms with Crippen LogP contribution in [0.1, 0.15) is 31.3 Å². The molecule has 5 heteroatoms. The minimum Gasteiger partial charge on any atom is -0.339 e. The third-order valence-corrected chi connectivity index (χ3v) is 4.93. The lowest BCUT2D eigenvalue weighted by atomic mass is 10.2. The highest BCUT2D eigenvalue weighted by Crippen LogP contribution is 2.37. The molecule has 1 fully saturated rings. The minimum absolute atomic E-state index is 0.0496. The number of hydrogen-bond donors (Lipinski definition) is 1. The summed E-state index contributed by atoms with van der Waals surface area (Å²) in [6.07, 6.45) is 2.50. The first-order valence-corrected chi connectivity index (χ1v) is 8.71. The van der Waals surface area contributed by atoms with Crippen LogP contribution in [-0.4, -0.2) is 33.1 Å². The smallest absolute Gasteiger partial charge is 0.224 e. The molecule has 22 heavy (non-hydrogen) atoms. The second kappa shape index (κ2) is 6.57. The number of aromatic amines is 1. The molecule has 2 aromatic rings. The molecule has 0 saturated carbocycles. The summed E-state index contributed by atoms with van der Waals surface area (Å²) in [4.78, 5) is 22.1. The topological polar surface area (TPSA) is 49.0 Å². The summed E-state index contributed by atoms with van der Waals surface area (Å²) in [5, 5.41) is 0.0496. The van der Waals surface area contributed by atoms with E-state index in [1.165, 1.54) is 0 Å². The quantitative estimate of drug-likeness (QED) is 0.936. The first-order chi connectivity index (χ1) is 10.6. The fourth-order valence-electron chi connectivity index (χ4n) is 2.67. The van der Waals surface area contributed by atoms with Gasteiger partial charge in [-0.3, -0.25) is 4.79 Å². The van der Waals surface area contributed by atoms with E-state index in [2.05, 4.69) is 23.8 Å². The van der Waals surface area contributed by atoms with Crippen molar-refractivity contribution in [3.05, 3.63) is 42.2 Å². The maximum Gasteiger partial charge on any atom is 0.224 e. The lowest BCUT2D eigenvalue weighted by Crippen LogP contribution is -2.39. The van der Waals surface area contributed by atoms with Crippen molar-refractivity contribution in [2.24, 2.45) is 5.92 Å². The number of carbonyl (C=O) groups is 1. The van der Waals surface area contributed by atoms with Gasteiger partial charge in [0.15, 0.2) is 0 Å². The standard InChI is InChI=1S/C17H21N3OS/c1-12(2)11-20-15(21)8-9-22-17(20)14-10-18-16(19-14)13-6-4-3-5-7-13/h3-7,10,12,17H,8-9,11H2,1-2H3,(H,18,19). The molecular weight excluding hydrogens is 294 g/mol. The lowest BCUT2D eigenvalue weighted by molar-refractivity contribution is -0.132. The molecule has 2 heterocycles. The van der Waals surface area contributed by atoms with Crippen LogP contribution in [0.5, 0.6) is 0 Å². The van der Waals surface area contributed by atoms with Gasteiger partial charge in [-0.15, -0.1) is 11.8 Å². The van der Waals surface area contributed by atoms with Gasteiger partial charge < -0.3 is 9.88 Å². The van der Waals surface area contributed by atoms with Gasteiger partial charge in [0.1, 0.15) is 11.2 Å². The number of H-pyrrole nitrogens is 1. The van der Waals surface area contributed by atoms with Crippen molar-refractivity contribution in [3.63, 3.8) is 0 Å². The fraction of sp³-hybridized carbons (Fsp3) is 0.412. The number of nitrogens with zero attached hydrogens (tertiary/aromatic N) is 2. The molecule has 1 aliphatic rings. The normalized spacial score (nSPS) is 19.0. The molecule has 1 N–H and O–H groups in total. The summed E-state index contributed by atoms with van der Waals surface area (Å²) in [5.74, 6) is 2.44. The third-order valence-electron chi connectivity index (χ3n) is 3.67. The molecule has 0 radical (unpaired) electrons. The number of thioether (sulfide) groups is 1. The zero-order valence-corrected chi connectivity index (χ0v) is 13.8. The SMILES string of the molecule is CC(C)CN1C(=O)CCSC1c1cnc(-c2ccccc2)[nH]1. The summed E-state index contributed by atoms with van der Waals surface area (Å²) in [6.45, 7) is 5.08. The molecule has 1 aliphatic heterocycles. The van der Waals surface area contributed by atoms with Crippen molar-refractivity contribution < 1.29 is 4.79 Å². The second-order valence-corrected chi connectivity index (χ2v) is 7.15. The van der Waals surface area contributed by atoms with Gasteiger partial charge in [0.05, 0.1) is 11.9 Å². The van der Waals surface area contributed by atoms with Crippen LogP contribution in [0.4, 0.5) is 0 Å². The molecule has 0 bridgehead atoms. The van der Waals surface area contributed by atoms with Crippen LogP contribution in [0.2, 0.25) is 0 Å². The van der Waals surface area contributed by atoms with E-state index in [1.807, 2.05) is 53.2 Å². The third kappa shape index (κ3) is 3.19. The second-order valence-electron chi connectivity index (χ2n) is 5.97. The summed E-state index contributed by atoms with van der Waals surface area (Å²) < 4.78 is 0. The average Bonchev–Trinajstić information content (AvgIpc) is 2.99.